The Morgan fingerprint density at radius 1 is 1.00 bits per heavy atom. The van der Waals surface area contributed by atoms with Crippen molar-refractivity contribution in [2.75, 3.05) is 13.2 Å². The third-order valence-electron chi connectivity index (χ3n) is 4.60. The Morgan fingerprint density at radius 2 is 1.76 bits per heavy atom. The Balaban J connectivity index is 1.56. The van der Waals surface area contributed by atoms with Gasteiger partial charge in [0.15, 0.2) is 0 Å². The second-order valence-electron chi connectivity index (χ2n) is 6.65. The molecule has 134 valence electrons. The summed E-state index contributed by atoms with van der Waals surface area (Å²) < 4.78 is 33.1. The molecule has 0 heterocycles. The van der Waals surface area contributed by atoms with E-state index in [1.54, 1.807) is 6.07 Å². The lowest BCUT2D eigenvalue weighted by atomic mass is 9.92. The van der Waals surface area contributed by atoms with E-state index in [1.807, 2.05) is 32.0 Å². The summed E-state index contributed by atoms with van der Waals surface area (Å²) in [7, 11) is -3.51. The van der Waals surface area contributed by atoms with E-state index in [1.165, 1.54) is 24.0 Å². The first-order valence-electron chi connectivity index (χ1n) is 8.77. The summed E-state index contributed by atoms with van der Waals surface area (Å²) in [6, 6.07) is 11.5. The summed E-state index contributed by atoms with van der Waals surface area (Å²) in [6.45, 7) is 4.31. The number of ether oxygens (including phenoxy) is 1. The second kappa shape index (κ2) is 7.58. The second-order valence-corrected chi connectivity index (χ2v) is 8.39. The molecule has 0 aromatic heterocycles. The lowest BCUT2D eigenvalue weighted by molar-refractivity contribution is 0.322. The molecule has 1 aliphatic carbocycles. The van der Waals surface area contributed by atoms with Crippen molar-refractivity contribution in [3.05, 3.63) is 58.7 Å². The molecule has 0 fully saturated rings. The third kappa shape index (κ3) is 4.41. The molecular formula is C20H25NO3S. The molecule has 0 amide bonds. The minimum atomic E-state index is -3.51. The molecule has 5 heteroatoms. The molecule has 0 bridgehead atoms. The topological polar surface area (TPSA) is 55.4 Å². The number of hydrogen-bond donors (Lipinski definition) is 1. The summed E-state index contributed by atoms with van der Waals surface area (Å²) in [5, 5.41) is 0. The van der Waals surface area contributed by atoms with Crippen LogP contribution in [-0.2, 0) is 22.9 Å². The first-order valence-corrected chi connectivity index (χ1v) is 10.3. The van der Waals surface area contributed by atoms with Crippen LogP contribution in [-0.4, -0.2) is 21.6 Å². The quantitative estimate of drug-likeness (QED) is 0.803. The molecule has 0 saturated carbocycles. The van der Waals surface area contributed by atoms with E-state index >= 15 is 0 Å². The number of nitrogens with one attached hydrogen (secondary N) is 1. The maximum atomic E-state index is 12.4. The summed E-state index contributed by atoms with van der Waals surface area (Å²) in [4.78, 5) is 0.326. The SMILES string of the molecule is Cc1ccc(S(=O)(=O)NCCOc2ccc3c(c2)CCCC3)c(C)c1. The standard InChI is InChI=1S/C20H25NO3S/c1-15-7-10-20(16(2)13-15)25(22,23)21-11-12-24-19-9-8-17-5-3-4-6-18(17)14-19/h7-10,13-14,21H,3-6,11-12H2,1-2H3. The predicted molar refractivity (Wildman–Crippen MR) is 99.7 cm³/mol. The highest BCUT2D eigenvalue weighted by Crippen LogP contribution is 2.25. The van der Waals surface area contributed by atoms with Crippen molar-refractivity contribution in [3.63, 3.8) is 0 Å². The van der Waals surface area contributed by atoms with E-state index in [0.717, 1.165) is 29.7 Å². The van der Waals surface area contributed by atoms with Crippen molar-refractivity contribution in [1.82, 2.24) is 4.72 Å². The molecule has 0 aliphatic heterocycles. The predicted octanol–water partition coefficient (Wildman–Crippen LogP) is 3.54. The number of aryl methyl sites for hydroxylation is 4. The van der Waals surface area contributed by atoms with Crippen molar-refractivity contribution in [2.24, 2.45) is 0 Å². The molecule has 1 aliphatic rings. The largest absolute Gasteiger partial charge is 0.492 e. The van der Waals surface area contributed by atoms with Crippen molar-refractivity contribution >= 4 is 10.0 Å². The minimum Gasteiger partial charge on any atom is -0.492 e. The lowest BCUT2D eigenvalue weighted by Gasteiger charge is -2.17. The van der Waals surface area contributed by atoms with Gasteiger partial charge in [0, 0.05) is 6.54 Å². The van der Waals surface area contributed by atoms with Gasteiger partial charge in [-0.2, -0.15) is 0 Å². The van der Waals surface area contributed by atoms with Crippen LogP contribution in [0.2, 0.25) is 0 Å². The first-order chi connectivity index (χ1) is 12.0. The van der Waals surface area contributed by atoms with Gasteiger partial charge in [0.1, 0.15) is 12.4 Å². The molecule has 1 N–H and O–H groups in total. The Bertz CT molecular complexity index is 859. The van der Waals surface area contributed by atoms with E-state index < -0.39 is 10.0 Å². The van der Waals surface area contributed by atoms with Gasteiger partial charge in [0.25, 0.3) is 0 Å². The molecule has 0 spiro atoms. The van der Waals surface area contributed by atoms with Gasteiger partial charge < -0.3 is 4.74 Å². The van der Waals surface area contributed by atoms with E-state index in [9.17, 15) is 8.42 Å². The molecule has 2 aromatic carbocycles. The summed E-state index contributed by atoms with van der Waals surface area (Å²) >= 11 is 0. The average molecular weight is 359 g/mol. The van der Waals surface area contributed by atoms with Crippen LogP contribution in [0.3, 0.4) is 0 Å². The van der Waals surface area contributed by atoms with Gasteiger partial charge in [-0.25, -0.2) is 13.1 Å². The van der Waals surface area contributed by atoms with E-state index in [0.29, 0.717) is 11.5 Å². The van der Waals surface area contributed by atoms with Crippen LogP contribution in [0.4, 0.5) is 0 Å². The molecule has 2 aromatic rings. The van der Waals surface area contributed by atoms with Crippen molar-refractivity contribution in [3.8, 4) is 5.75 Å². The maximum absolute atomic E-state index is 12.4. The summed E-state index contributed by atoms with van der Waals surface area (Å²) in [5.41, 5.74) is 4.57. The molecule has 0 unspecified atom stereocenters. The minimum absolute atomic E-state index is 0.243. The van der Waals surface area contributed by atoms with Gasteiger partial charge in [-0.05, 0) is 74.4 Å². The number of rotatable bonds is 6. The van der Waals surface area contributed by atoms with Crippen LogP contribution < -0.4 is 9.46 Å². The van der Waals surface area contributed by atoms with Gasteiger partial charge in [0.2, 0.25) is 10.0 Å². The van der Waals surface area contributed by atoms with Gasteiger partial charge in [-0.15, -0.1) is 0 Å². The number of sulfonamides is 1. The van der Waals surface area contributed by atoms with Gasteiger partial charge in [0.05, 0.1) is 4.90 Å². The summed E-state index contributed by atoms with van der Waals surface area (Å²) in [6.07, 6.45) is 4.73. The fourth-order valence-corrected chi connectivity index (χ4v) is 4.56. The monoisotopic (exact) mass is 359 g/mol. The highest BCUT2D eigenvalue weighted by atomic mass is 32.2. The zero-order valence-electron chi connectivity index (χ0n) is 14.8. The maximum Gasteiger partial charge on any atom is 0.240 e. The molecule has 0 saturated heterocycles. The molecule has 25 heavy (non-hydrogen) atoms. The van der Waals surface area contributed by atoms with Crippen molar-refractivity contribution in [1.29, 1.82) is 0 Å². The zero-order valence-corrected chi connectivity index (χ0v) is 15.7. The van der Waals surface area contributed by atoms with Crippen molar-refractivity contribution in [2.45, 2.75) is 44.4 Å². The van der Waals surface area contributed by atoms with Crippen LogP contribution in [0.25, 0.3) is 0 Å². The highest BCUT2D eigenvalue weighted by Gasteiger charge is 2.16. The average Bonchev–Trinajstić information content (AvgIpc) is 2.58. The number of fused-ring (bicyclic) bond motifs is 1. The first kappa shape index (κ1) is 18.0. The Kier molecular flexibility index (Phi) is 5.45. The van der Waals surface area contributed by atoms with Crippen LogP contribution >= 0.6 is 0 Å². The van der Waals surface area contributed by atoms with Crippen LogP contribution in [0.1, 0.15) is 35.1 Å². The molecule has 3 rings (SSSR count). The Labute approximate surface area is 150 Å². The van der Waals surface area contributed by atoms with E-state index in [2.05, 4.69) is 16.9 Å². The molecular weight excluding hydrogens is 334 g/mol. The van der Waals surface area contributed by atoms with Gasteiger partial charge in [-0.3, -0.25) is 0 Å². The van der Waals surface area contributed by atoms with E-state index in [4.69, 9.17) is 4.74 Å². The van der Waals surface area contributed by atoms with Crippen LogP contribution in [0.5, 0.6) is 5.75 Å². The molecule has 0 atom stereocenters. The summed E-state index contributed by atoms with van der Waals surface area (Å²) in [5.74, 6) is 0.811. The number of benzene rings is 2. The fraction of sp³-hybridized carbons (Fsp3) is 0.400. The Morgan fingerprint density at radius 3 is 2.52 bits per heavy atom. The normalized spacial score (nSPS) is 14.2. The fourth-order valence-electron chi connectivity index (χ4n) is 3.32. The smallest absolute Gasteiger partial charge is 0.240 e. The third-order valence-corrected chi connectivity index (χ3v) is 6.22. The van der Waals surface area contributed by atoms with Crippen LogP contribution in [0, 0.1) is 13.8 Å². The highest BCUT2D eigenvalue weighted by molar-refractivity contribution is 7.89. The van der Waals surface area contributed by atoms with Gasteiger partial charge in [-0.1, -0.05) is 23.8 Å². The number of hydrogen-bond acceptors (Lipinski definition) is 3. The Hall–Kier alpha value is -1.85. The zero-order chi connectivity index (χ0) is 17.9. The van der Waals surface area contributed by atoms with Gasteiger partial charge >= 0.3 is 0 Å². The molecule has 4 nitrogen and oxygen atoms in total. The van der Waals surface area contributed by atoms with E-state index in [-0.39, 0.29) is 6.54 Å². The van der Waals surface area contributed by atoms with Crippen LogP contribution in [0.15, 0.2) is 41.3 Å². The molecule has 0 radical (unpaired) electrons. The van der Waals surface area contributed by atoms with Crippen molar-refractivity contribution < 1.29 is 13.2 Å². The lowest BCUT2D eigenvalue weighted by Crippen LogP contribution is -2.28.